The third-order valence-electron chi connectivity index (χ3n) is 3.83. The zero-order valence-electron chi connectivity index (χ0n) is 12.2. The van der Waals surface area contributed by atoms with Gasteiger partial charge in [0.1, 0.15) is 11.3 Å². The van der Waals surface area contributed by atoms with Gasteiger partial charge in [-0.2, -0.15) is 5.10 Å². The van der Waals surface area contributed by atoms with Gasteiger partial charge in [-0.25, -0.2) is 4.79 Å². The number of aromatic carboxylic acids is 1. The van der Waals surface area contributed by atoms with Crippen molar-refractivity contribution in [3.63, 3.8) is 0 Å². The smallest absolute Gasteiger partial charge is 0.478 e. The fourth-order valence-corrected chi connectivity index (χ4v) is 2.77. The van der Waals surface area contributed by atoms with Crippen LogP contribution in [0.1, 0.15) is 28.0 Å². The molecule has 1 aliphatic carbocycles. The lowest BCUT2D eigenvalue weighted by Gasteiger charge is -2.18. The molecule has 1 unspecified atom stereocenters. The molecule has 0 aliphatic heterocycles. The van der Waals surface area contributed by atoms with Crippen LogP contribution in [0.3, 0.4) is 0 Å². The van der Waals surface area contributed by atoms with Gasteiger partial charge < -0.3 is 14.9 Å². The normalized spacial score (nSPS) is 17.4. The van der Waals surface area contributed by atoms with Crippen LogP contribution in [0.4, 0.5) is 13.2 Å². The Morgan fingerprint density at radius 1 is 1.38 bits per heavy atom. The van der Waals surface area contributed by atoms with Gasteiger partial charge in [0.05, 0.1) is 11.8 Å². The minimum absolute atomic E-state index is 0.283. The van der Waals surface area contributed by atoms with Gasteiger partial charge in [-0.3, -0.25) is 5.10 Å². The van der Waals surface area contributed by atoms with Gasteiger partial charge >= 0.3 is 12.3 Å². The van der Waals surface area contributed by atoms with Gasteiger partial charge in [0.25, 0.3) is 0 Å². The number of carboxylic acids is 1. The molecule has 0 bridgehead atoms. The zero-order chi connectivity index (χ0) is 17.5. The van der Waals surface area contributed by atoms with Crippen LogP contribution in [-0.2, 0) is 12.8 Å². The fraction of sp³-hybridized carbons (Fsp3) is 0.333. The van der Waals surface area contributed by atoms with E-state index in [1.165, 1.54) is 6.07 Å². The van der Waals surface area contributed by atoms with Crippen LogP contribution < -0.4 is 4.74 Å². The first-order chi connectivity index (χ1) is 11.2. The summed E-state index contributed by atoms with van der Waals surface area (Å²) in [5, 5.41) is 25.7. The number of aliphatic hydroxyl groups is 1. The van der Waals surface area contributed by atoms with E-state index in [9.17, 15) is 23.1 Å². The van der Waals surface area contributed by atoms with Gasteiger partial charge in [0, 0.05) is 23.2 Å². The SMILES string of the molecule is O=C(O)c1ccc(-c2n[nH]c3c2CC(O)CC3)cc1OC(F)(F)F. The Kier molecular flexibility index (Phi) is 3.96. The summed E-state index contributed by atoms with van der Waals surface area (Å²) in [7, 11) is 0. The number of rotatable bonds is 3. The lowest BCUT2D eigenvalue weighted by atomic mass is 9.91. The van der Waals surface area contributed by atoms with E-state index < -0.39 is 29.7 Å². The van der Waals surface area contributed by atoms with Crippen molar-refractivity contribution in [1.82, 2.24) is 10.2 Å². The molecule has 0 saturated carbocycles. The third-order valence-corrected chi connectivity index (χ3v) is 3.83. The van der Waals surface area contributed by atoms with Crippen molar-refractivity contribution in [2.45, 2.75) is 31.7 Å². The number of ether oxygens (including phenoxy) is 1. The molecule has 0 radical (unpaired) electrons. The molecule has 9 heteroatoms. The Labute approximate surface area is 133 Å². The van der Waals surface area contributed by atoms with E-state index >= 15 is 0 Å². The van der Waals surface area contributed by atoms with Crippen molar-refractivity contribution < 1.29 is 32.9 Å². The standard InChI is InChI=1S/C15H13F3N2O4/c16-15(17,18)24-12-5-7(1-3-9(12)14(22)23)13-10-6-8(21)2-4-11(10)19-20-13/h1,3,5,8,21H,2,4,6H2,(H,19,20)(H,22,23). The molecule has 3 rings (SSSR count). The van der Waals surface area contributed by atoms with Crippen LogP contribution >= 0.6 is 0 Å². The minimum Gasteiger partial charge on any atom is -0.478 e. The van der Waals surface area contributed by atoms with E-state index in [-0.39, 0.29) is 5.56 Å². The highest BCUT2D eigenvalue weighted by molar-refractivity contribution is 5.92. The van der Waals surface area contributed by atoms with Crippen LogP contribution in [0.5, 0.6) is 5.75 Å². The first kappa shape index (κ1) is 16.3. The van der Waals surface area contributed by atoms with E-state index in [1.807, 2.05) is 0 Å². The number of nitrogens with one attached hydrogen (secondary N) is 1. The summed E-state index contributed by atoms with van der Waals surface area (Å²) >= 11 is 0. The van der Waals surface area contributed by atoms with Gasteiger partial charge in [0.2, 0.25) is 0 Å². The maximum absolute atomic E-state index is 12.5. The van der Waals surface area contributed by atoms with E-state index in [4.69, 9.17) is 5.11 Å². The molecule has 24 heavy (non-hydrogen) atoms. The molecule has 0 spiro atoms. The van der Waals surface area contributed by atoms with Crippen LogP contribution in [-0.4, -0.2) is 38.8 Å². The highest BCUT2D eigenvalue weighted by Crippen LogP contribution is 2.34. The molecule has 3 N–H and O–H groups in total. The first-order valence-corrected chi connectivity index (χ1v) is 7.12. The van der Waals surface area contributed by atoms with E-state index in [1.54, 1.807) is 0 Å². The number of benzene rings is 1. The number of fused-ring (bicyclic) bond motifs is 1. The lowest BCUT2D eigenvalue weighted by Crippen LogP contribution is -2.19. The van der Waals surface area contributed by atoms with E-state index in [0.717, 1.165) is 23.4 Å². The molecular formula is C15H13F3N2O4. The molecule has 6 nitrogen and oxygen atoms in total. The topological polar surface area (TPSA) is 95.4 Å². The van der Waals surface area contributed by atoms with E-state index in [0.29, 0.717) is 25.0 Å². The number of aromatic nitrogens is 2. The molecule has 0 fully saturated rings. The predicted octanol–water partition coefficient (Wildman–Crippen LogP) is 2.52. The van der Waals surface area contributed by atoms with Crippen molar-refractivity contribution in [1.29, 1.82) is 0 Å². The van der Waals surface area contributed by atoms with Crippen molar-refractivity contribution in [3.8, 4) is 17.0 Å². The summed E-state index contributed by atoms with van der Waals surface area (Å²) in [6.07, 6.45) is -4.06. The molecule has 0 amide bonds. The van der Waals surface area contributed by atoms with Crippen molar-refractivity contribution >= 4 is 5.97 Å². The summed E-state index contributed by atoms with van der Waals surface area (Å²) in [4.78, 5) is 11.1. The molecule has 1 aromatic heterocycles. The van der Waals surface area contributed by atoms with Crippen molar-refractivity contribution in [2.24, 2.45) is 0 Å². The highest BCUT2D eigenvalue weighted by Gasteiger charge is 2.33. The number of carbonyl (C=O) groups is 1. The first-order valence-electron chi connectivity index (χ1n) is 7.12. The number of H-pyrrole nitrogens is 1. The molecule has 0 saturated heterocycles. The molecule has 128 valence electrons. The van der Waals surface area contributed by atoms with Gasteiger partial charge in [0.15, 0.2) is 0 Å². The van der Waals surface area contributed by atoms with Crippen LogP contribution in [0.25, 0.3) is 11.3 Å². The summed E-state index contributed by atoms with van der Waals surface area (Å²) < 4.78 is 41.4. The number of hydrogen-bond acceptors (Lipinski definition) is 4. The van der Waals surface area contributed by atoms with Gasteiger partial charge in [-0.1, -0.05) is 6.07 Å². The van der Waals surface area contributed by atoms with Crippen LogP contribution in [0.15, 0.2) is 18.2 Å². The van der Waals surface area contributed by atoms with Crippen molar-refractivity contribution in [2.75, 3.05) is 0 Å². The Hall–Kier alpha value is -2.55. The summed E-state index contributed by atoms with van der Waals surface area (Å²) in [5.74, 6) is -2.33. The second-order valence-corrected chi connectivity index (χ2v) is 5.49. The zero-order valence-corrected chi connectivity index (χ0v) is 12.2. The minimum atomic E-state index is -5.01. The largest absolute Gasteiger partial charge is 0.573 e. The highest BCUT2D eigenvalue weighted by atomic mass is 19.4. The molecular weight excluding hydrogens is 329 g/mol. The second-order valence-electron chi connectivity index (χ2n) is 5.49. The summed E-state index contributed by atoms with van der Waals surface area (Å²) in [5.41, 5.74) is 1.60. The third kappa shape index (κ3) is 3.21. The predicted molar refractivity (Wildman–Crippen MR) is 75.7 cm³/mol. The second kappa shape index (κ2) is 5.82. The van der Waals surface area contributed by atoms with Crippen molar-refractivity contribution in [3.05, 3.63) is 35.0 Å². The lowest BCUT2D eigenvalue weighted by molar-refractivity contribution is -0.274. The molecule has 2 aromatic rings. The summed E-state index contributed by atoms with van der Waals surface area (Å²) in [6, 6.07) is 3.40. The Bertz CT molecular complexity index is 786. The monoisotopic (exact) mass is 342 g/mol. The summed E-state index contributed by atoms with van der Waals surface area (Å²) in [6.45, 7) is 0. The number of hydrogen-bond donors (Lipinski definition) is 3. The number of nitrogens with zero attached hydrogens (tertiary/aromatic N) is 1. The van der Waals surface area contributed by atoms with Gasteiger partial charge in [-0.15, -0.1) is 13.2 Å². The fourth-order valence-electron chi connectivity index (χ4n) is 2.77. The average Bonchev–Trinajstić information content (AvgIpc) is 2.88. The van der Waals surface area contributed by atoms with Crippen LogP contribution in [0.2, 0.25) is 0 Å². The van der Waals surface area contributed by atoms with Gasteiger partial charge in [-0.05, 0) is 25.0 Å². The number of carboxylic acid groups (broad SMARTS) is 1. The number of alkyl halides is 3. The number of aliphatic hydroxyl groups excluding tert-OH is 1. The number of aromatic amines is 1. The Balaban J connectivity index is 2.05. The molecule has 1 aliphatic rings. The molecule has 1 atom stereocenters. The maximum atomic E-state index is 12.5. The van der Waals surface area contributed by atoms with E-state index in [2.05, 4.69) is 14.9 Å². The number of aryl methyl sites for hydroxylation is 1. The Morgan fingerprint density at radius 2 is 2.12 bits per heavy atom. The maximum Gasteiger partial charge on any atom is 0.573 e. The molecule has 1 heterocycles. The Morgan fingerprint density at radius 3 is 2.79 bits per heavy atom. The molecule has 1 aromatic carbocycles. The average molecular weight is 342 g/mol. The number of halogens is 3. The quantitative estimate of drug-likeness (QED) is 0.797. The van der Waals surface area contributed by atoms with Crippen LogP contribution in [0, 0.1) is 0 Å².